The molecule has 0 saturated carbocycles. The smallest absolute Gasteiger partial charge is 0.229 e. The number of hydrogen-bond acceptors (Lipinski definition) is 5. The van der Waals surface area contributed by atoms with Crippen LogP contribution in [0.1, 0.15) is 29.7 Å². The lowest BCUT2D eigenvalue weighted by atomic mass is 9.84. The van der Waals surface area contributed by atoms with Gasteiger partial charge in [0.05, 0.1) is 29.5 Å². The number of fused-ring (bicyclic) bond motifs is 1. The largest absolute Gasteiger partial charge is 0.494 e. The van der Waals surface area contributed by atoms with Crippen molar-refractivity contribution in [3.05, 3.63) is 81.8 Å². The Hall–Kier alpha value is -3.43. The fraction of sp³-hybridized carbons (Fsp3) is 0.182. The monoisotopic (exact) mass is 406 g/mol. The van der Waals surface area contributed by atoms with Crippen molar-refractivity contribution in [1.82, 2.24) is 9.78 Å². The van der Waals surface area contributed by atoms with E-state index in [1.807, 2.05) is 50.2 Å². The molecule has 1 aromatic heterocycles. The lowest BCUT2D eigenvalue weighted by molar-refractivity contribution is 0.340. The Bertz CT molecular complexity index is 1130. The molecule has 1 aliphatic heterocycles. The number of ether oxygens (including phenoxy) is 2. The molecular formula is C22H19ClN4O2. The Kier molecular flexibility index (Phi) is 4.91. The first kappa shape index (κ1) is 18.9. The number of allylic oxidation sites excluding steroid dienone is 1. The number of hydrogen-bond donors (Lipinski definition) is 1. The van der Waals surface area contributed by atoms with Crippen molar-refractivity contribution in [1.29, 1.82) is 5.26 Å². The van der Waals surface area contributed by atoms with Gasteiger partial charge >= 0.3 is 0 Å². The molecular weight excluding hydrogens is 388 g/mol. The van der Waals surface area contributed by atoms with Crippen LogP contribution in [0.5, 0.6) is 11.6 Å². The molecule has 7 heteroatoms. The molecule has 1 aliphatic rings. The van der Waals surface area contributed by atoms with Gasteiger partial charge in [0.15, 0.2) is 0 Å². The molecule has 0 spiro atoms. The number of nitrogens with two attached hydrogens (primary N) is 1. The summed E-state index contributed by atoms with van der Waals surface area (Å²) in [6, 6.07) is 17.1. The van der Waals surface area contributed by atoms with Crippen LogP contribution in [0.2, 0.25) is 5.02 Å². The zero-order valence-electron chi connectivity index (χ0n) is 16.0. The van der Waals surface area contributed by atoms with E-state index >= 15 is 0 Å². The number of nitriles is 1. The van der Waals surface area contributed by atoms with Crippen LogP contribution in [0.4, 0.5) is 0 Å². The molecule has 4 rings (SSSR count). The van der Waals surface area contributed by atoms with Crippen molar-refractivity contribution in [2.75, 3.05) is 6.61 Å². The van der Waals surface area contributed by atoms with E-state index in [2.05, 4.69) is 11.2 Å². The van der Waals surface area contributed by atoms with Crippen molar-refractivity contribution in [3.63, 3.8) is 0 Å². The van der Waals surface area contributed by atoms with Gasteiger partial charge in [-0.25, -0.2) is 4.68 Å². The summed E-state index contributed by atoms with van der Waals surface area (Å²) >= 11 is 6.01. The molecule has 0 fully saturated rings. The fourth-order valence-corrected chi connectivity index (χ4v) is 3.65. The Labute approximate surface area is 173 Å². The third-order valence-electron chi connectivity index (χ3n) is 4.83. The molecule has 0 aliphatic carbocycles. The zero-order valence-corrected chi connectivity index (χ0v) is 16.8. The third-order valence-corrected chi connectivity index (χ3v) is 5.08. The van der Waals surface area contributed by atoms with Crippen LogP contribution in [0.3, 0.4) is 0 Å². The summed E-state index contributed by atoms with van der Waals surface area (Å²) in [5.74, 6) is 0.974. The first-order chi connectivity index (χ1) is 14.0. The molecule has 0 saturated heterocycles. The number of aromatic nitrogens is 2. The lowest BCUT2D eigenvalue weighted by Crippen LogP contribution is -2.22. The molecule has 29 heavy (non-hydrogen) atoms. The standard InChI is InChI=1S/C22H19ClN4O2/c1-3-28-17-10-4-14(5-11-17)20-18(12-24)21(25)29-22-19(20)13(2)26-27(22)16-8-6-15(23)7-9-16/h4-11,20H,3,25H2,1-2H3. The first-order valence-electron chi connectivity index (χ1n) is 9.19. The van der Waals surface area contributed by atoms with Gasteiger partial charge in [-0.2, -0.15) is 10.4 Å². The third kappa shape index (κ3) is 3.30. The Morgan fingerprint density at radius 1 is 1.21 bits per heavy atom. The molecule has 1 atom stereocenters. The van der Waals surface area contributed by atoms with Crippen LogP contribution in [0.25, 0.3) is 5.69 Å². The van der Waals surface area contributed by atoms with E-state index in [1.54, 1.807) is 16.8 Å². The van der Waals surface area contributed by atoms with E-state index in [0.717, 1.165) is 28.3 Å². The van der Waals surface area contributed by atoms with E-state index in [1.165, 1.54) is 0 Å². The van der Waals surface area contributed by atoms with Crippen molar-refractivity contribution in [2.24, 2.45) is 5.73 Å². The second-order valence-corrected chi connectivity index (χ2v) is 7.06. The van der Waals surface area contributed by atoms with Crippen LogP contribution in [0.15, 0.2) is 60.0 Å². The highest BCUT2D eigenvalue weighted by molar-refractivity contribution is 6.30. The Balaban J connectivity index is 1.87. The lowest BCUT2D eigenvalue weighted by Gasteiger charge is -2.25. The van der Waals surface area contributed by atoms with E-state index in [0.29, 0.717) is 23.1 Å². The summed E-state index contributed by atoms with van der Waals surface area (Å²) in [6.07, 6.45) is 0. The highest BCUT2D eigenvalue weighted by Crippen LogP contribution is 2.44. The molecule has 2 heterocycles. The summed E-state index contributed by atoms with van der Waals surface area (Å²) in [5.41, 5.74) is 9.78. The van der Waals surface area contributed by atoms with Crippen LogP contribution in [0, 0.1) is 18.3 Å². The van der Waals surface area contributed by atoms with Gasteiger partial charge in [-0.05, 0) is 55.8 Å². The second-order valence-electron chi connectivity index (χ2n) is 6.62. The molecule has 6 nitrogen and oxygen atoms in total. The molecule has 2 aromatic carbocycles. The highest BCUT2D eigenvalue weighted by atomic mass is 35.5. The van der Waals surface area contributed by atoms with Crippen molar-refractivity contribution in [3.8, 4) is 23.4 Å². The van der Waals surface area contributed by atoms with Gasteiger partial charge in [0, 0.05) is 5.02 Å². The predicted octanol–water partition coefficient (Wildman–Crippen LogP) is 4.45. The summed E-state index contributed by atoms with van der Waals surface area (Å²) in [5, 5.41) is 15.0. The number of benzene rings is 2. The minimum atomic E-state index is -0.375. The van der Waals surface area contributed by atoms with Gasteiger partial charge in [0.2, 0.25) is 11.8 Å². The normalized spacial score (nSPS) is 15.4. The van der Waals surface area contributed by atoms with Crippen molar-refractivity contribution in [2.45, 2.75) is 19.8 Å². The number of halogens is 1. The molecule has 0 bridgehead atoms. The maximum Gasteiger partial charge on any atom is 0.229 e. The van der Waals surface area contributed by atoms with Crippen LogP contribution in [-0.4, -0.2) is 16.4 Å². The Morgan fingerprint density at radius 3 is 2.52 bits per heavy atom. The average molecular weight is 407 g/mol. The summed E-state index contributed by atoms with van der Waals surface area (Å²) < 4.78 is 13.1. The van der Waals surface area contributed by atoms with E-state index in [-0.39, 0.29) is 11.8 Å². The van der Waals surface area contributed by atoms with Gasteiger partial charge in [-0.1, -0.05) is 23.7 Å². The van der Waals surface area contributed by atoms with Gasteiger partial charge in [0.25, 0.3) is 0 Å². The topological polar surface area (TPSA) is 86.1 Å². The zero-order chi connectivity index (χ0) is 20.5. The van der Waals surface area contributed by atoms with Crippen LogP contribution in [-0.2, 0) is 0 Å². The number of aryl methyl sites for hydroxylation is 1. The summed E-state index contributed by atoms with van der Waals surface area (Å²) in [6.45, 7) is 4.42. The molecule has 0 radical (unpaired) electrons. The average Bonchev–Trinajstić information content (AvgIpc) is 3.04. The quantitative estimate of drug-likeness (QED) is 0.691. The Morgan fingerprint density at radius 2 is 1.90 bits per heavy atom. The predicted molar refractivity (Wildman–Crippen MR) is 110 cm³/mol. The van der Waals surface area contributed by atoms with E-state index in [9.17, 15) is 5.26 Å². The van der Waals surface area contributed by atoms with E-state index < -0.39 is 0 Å². The van der Waals surface area contributed by atoms with Gasteiger partial charge < -0.3 is 15.2 Å². The molecule has 1 unspecified atom stereocenters. The van der Waals surface area contributed by atoms with Crippen LogP contribution >= 0.6 is 11.6 Å². The molecule has 146 valence electrons. The van der Waals surface area contributed by atoms with Crippen molar-refractivity contribution >= 4 is 11.6 Å². The first-order valence-corrected chi connectivity index (χ1v) is 9.57. The van der Waals surface area contributed by atoms with Crippen molar-refractivity contribution < 1.29 is 9.47 Å². The SMILES string of the molecule is CCOc1ccc(C2C(C#N)=C(N)Oc3c2c(C)nn3-c2ccc(Cl)cc2)cc1. The fourth-order valence-electron chi connectivity index (χ4n) is 3.53. The highest BCUT2D eigenvalue weighted by Gasteiger charge is 2.36. The van der Waals surface area contributed by atoms with Gasteiger partial charge in [-0.15, -0.1) is 0 Å². The summed E-state index contributed by atoms with van der Waals surface area (Å²) in [7, 11) is 0. The second kappa shape index (κ2) is 7.53. The molecule has 3 aromatic rings. The minimum absolute atomic E-state index is 0.0778. The minimum Gasteiger partial charge on any atom is -0.494 e. The maximum atomic E-state index is 9.77. The maximum absolute atomic E-state index is 9.77. The number of rotatable bonds is 4. The molecule has 2 N–H and O–H groups in total. The van der Waals surface area contributed by atoms with Gasteiger partial charge in [-0.3, -0.25) is 0 Å². The summed E-state index contributed by atoms with van der Waals surface area (Å²) in [4.78, 5) is 0. The molecule has 0 amide bonds. The van der Waals surface area contributed by atoms with Crippen LogP contribution < -0.4 is 15.2 Å². The van der Waals surface area contributed by atoms with Gasteiger partial charge in [0.1, 0.15) is 17.4 Å². The number of nitrogens with zero attached hydrogens (tertiary/aromatic N) is 3. The van der Waals surface area contributed by atoms with E-state index in [4.69, 9.17) is 26.8 Å².